The molecule has 0 saturated carbocycles. The smallest absolute Gasteiger partial charge is 0.236 e. The van der Waals surface area contributed by atoms with Crippen molar-refractivity contribution in [3.05, 3.63) is 71.6 Å². The van der Waals surface area contributed by atoms with E-state index in [2.05, 4.69) is 20.8 Å². The van der Waals surface area contributed by atoms with Crippen molar-refractivity contribution in [1.29, 1.82) is 0 Å². The van der Waals surface area contributed by atoms with Crippen LogP contribution in [-0.4, -0.2) is 51.9 Å². The molecule has 166 valence electrons. The van der Waals surface area contributed by atoms with Gasteiger partial charge < -0.3 is 5.32 Å². The van der Waals surface area contributed by atoms with Gasteiger partial charge in [-0.25, -0.2) is 17.5 Å². The summed E-state index contributed by atoms with van der Waals surface area (Å²) < 4.78 is 42.1. The van der Waals surface area contributed by atoms with E-state index in [9.17, 15) is 17.6 Å². The van der Waals surface area contributed by atoms with Crippen molar-refractivity contribution in [2.45, 2.75) is 12.8 Å². The van der Waals surface area contributed by atoms with Crippen LogP contribution in [-0.2, 0) is 14.8 Å². The van der Waals surface area contributed by atoms with Gasteiger partial charge in [0, 0.05) is 24.4 Å². The Balaban J connectivity index is 1.37. The van der Waals surface area contributed by atoms with Gasteiger partial charge in [0.1, 0.15) is 12.1 Å². The molecule has 1 amide bonds. The fourth-order valence-electron chi connectivity index (χ4n) is 3.45. The van der Waals surface area contributed by atoms with Crippen molar-refractivity contribution >= 4 is 27.7 Å². The number of aromatic nitrogens is 4. The maximum atomic E-state index is 14.2. The van der Waals surface area contributed by atoms with E-state index in [0.717, 1.165) is 5.56 Å². The number of anilines is 1. The van der Waals surface area contributed by atoms with Crippen molar-refractivity contribution in [2.24, 2.45) is 5.92 Å². The van der Waals surface area contributed by atoms with Crippen LogP contribution in [0.4, 0.5) is 10.1 Å². The number of nitrogens with zero attached hydrogens (tertiary/aromatic N) is 5. The van der Waals surface area contributed by atoms with E-state index in [1.807, 2.05) is 30.3 Å². The van der Waals surface area contributed by atoms with Crippen LogP contribution in [0.1, 0.15) is 18.4 Å². The molecule has 1 saturated heterocycles. The number of nitrogens with one attached hydrogen (secondary N) is 1. The molecule has 1 aliphatic heterocycles. The first-order valence-corrected chi connectivity index (χ1v) is 11.5. The van der Waals surface area contributed by atoms with Gasteiger partial charge in [0.25, 0.3) is 0 Å². The van der Waals surface area contributed by atoms with E-state index in [0.29, 0.717) is 18.5 Å². The van der Waals surface area contributed by atoms with Crippen LogP contribution in [0, 0.1) is 11.7 Å². The first kappa shape index (κ1) is 21.8. The number of sulfonamides is 1. The molecule has 1 aromatic heterocycles. The summed E-state index contributed by atoms with van der Waals surface area (Å²) in [7, 11) is -3.59. The molecule has 2 aromatic carbocycles. The second kappa shape index (κ2) is 9.37. The molecule has 32 heavy (non-hydrogen) atoms. The number of carbonyl (C=O) groups excluding carboxylic acids is 1. The average Bonchev–Trinajstić information content (AvgIpc) is 3.35. The summed E-state index contributed by atoms with van der Waals surface area (Å²) in [6, 6.07) is 13.3. The van der Waals surface area contributed by atoms with E-state index in [1.54, 1.807) is 6.08 Å². The SMILES string of the molecule is O=C(Nc1cc(-n2cnnn2)ccc1F)C1CCN(S(=O)(=O)C=Cc2ccccc2)CC1. The quantitative estimate of drug-likeness (QED) is 0.610. The number of amides is 1. The molecule has 1 fully saturated rings. The molecular weight excluding hydrogens is 435 g/mol. The number of hydrogen-bond donors (Lipinski definition) is 1. The Morgan fingerprint density at radius 2 is 1.88 bits per heavy atom. The Morgan fingerprint density at radius 1 is 1.12 bits per heavy atom. The van der Waals surface area contributed by atoms with Crippen LogP contribution in [0.5, 0.6) is 0 Å². The van der Waals surface area contributed by atoms with Gasteiger partial charge in [-0.1, -0.05) is 30.3 Å². The summed E-state index contributed by atoms with van der Waals surface area (Å²) in [6.45, 7) is 0.430. The van der Waals surface area contributed by atoms with Crippen LogP contribution < -0.4 is 5.32 Å². The molecule has 1 aliphatic rings. The fraction of sp³-hybridized carbons (Fsp3) is 0.238. The number of halogens is 1. The molecule has 3 aromatic rings. The summed E-state index contributed by atoms with van der Waals surface area (Å²) in [6.07, 6.45) is 3.60. The molecule has 1 N–H and O–H groups in total. The summed E-state index contributed by atoms with van der Waals surface area (Å²) in [5.74, 6) is -1.36. The van der Waals surface area contributed by atoms with Gasteiger partial charge in [-0.3, -0.25) is 4.79 Å². The van der Waals surface area contributed by atoms with Gasteiger partial charge in [-0.05, 0) is 53.1 Å². The Morgan fingerprint density at radius 3 is 2.56 bits per heavy atom. The van der Waals surface area contributed by atoms with Crippen LogP contribution in [0.3, 0.4) is 0 Å². The van der Waals surface area contributed by atoms with Crippen LogP contribution in [0.25, 0.3) is 11.8 Å². The zero-order valence-electron chi connectivity index (χ0n) is 17.0. The Hall–Kier alpha value is -3.44. The highest BCUT2D eigenvalue weighted by Crippen LogP contribution is 2.24. The second-order valence-electron chi connectivity index (χ2n) is 7.34. The highest BCUT2D eigenvalue weighted by molar-refractivity contribution is 7.92. The Bertz CT molecular complexity index is 1210. The van der Waals surface area contributed by atoms with Gasteiger partial charge in [0.15, 0.2) is 0 Å². The lowest BCUT2D eigenvalue weighted by atomic mass is 9.97. The Labute approximate surface area is 184 Å². The summed E-state index contributed by atoms with van der Waals surface area (Å²) in [4.78, 5) is 12.7. The second-order valence-corrected chi connectivity index (χ2v) is 9.16. The maximum Gasteiger partial charge on any atom is 0.236 e. The fourth-order valence-corrected chi connectivity index (χ4v) is 4.67. The predicted molar refractivity (Wildman–Crippen MR) is 116 cm³/mol. The van der Waals surface area contributed by atoms with Crippen molar-refractivity contribution in [2.75, 3.05) is 18.4 Å². The topological polar surface area (TPSA) is 110 Å². The first-order chi connectivity index (χ1) is 15.4. The molecule has 0 bridgehead atoms. The van der Waals surface area contributed by atoms with E-state index in [-0.39, 0.29) is 24.7 Å². The van der Waals surface area contributed by atoms with Gasteiger partial charge in [0.05, 0.1) is 11.4 Å². The highest BCUT2D eigenvalue weighted by Gasteiger charge is 2.30. The molecule has 0 atom stereocenters. The minimum Gasteiger partial charge on any atom is -0.323 e. The zero-order chi connectivity index (χ0) is 22.6. The van der Waals surface area contributed by atoms with Gasteiger partial charge in [-0.15, -0.1) is 5.10 Å². The lowest BCUT2D eigenvalue weighted by molar-refractivity contribution is -0.120. The number of hydrogen-bond acceptors (Lipinski definition) is 6. The van der Waals surface area contributed by atoms with Crippen LogP contribution in [0.15, 0.2) is 60.3 Å². The molecule has 0 spiro atoms. The monoisotopic (exact) mass is 456 g/mol. The van der Waals surface area contributed by atoms with Gasteiger partial charge in [0.2, 0.25) is 15.9 Å². The third-order valence-electron chi connectivity index (χ3n) is 5.24. The molecule has 11 heteroatoms. The number of benzene rings is 2. The minimum absolute atomic E-state index is 0.0174. The van der Waals surface area contributed by atoms with Crippen molar-refractivity contribution < 1.29 is 17.6 Å². The normalized spacial score (nSPS) is 15.8. The van der Waals surface area contributed by atoms with Gasteiger partial charge >= 0.3 is 0 Å². The van der Waals surface area contributed by atoms with E-state index in [1.165, 1.54) is 38.9 Å². The van der Waals surface area contributed by atoms with E-state index >= 15 is 0 Å². The molecule has 2 heterocycles. The molecule has 4 rings (SSSR count). The molecule has 0 radical (unpaired) electrons. The standard InChI is InChI=1S/C21H21FN6O3S/c22-19-7-6-18(28-15-23-25-26-28)14-20(19)24-21(29)17-8-11-27(12-9-17)32(30,31)13-10-16-4-2-1-3-5-16/h1-7,10,13-15,17H,8-9,11-12H2,(H,24,29). The third-order valence-corrected chi connectivity index (χ3v) is 6.80. The summed E-state index contributed by atoms with van der Waals surface area (Å²) in [5.41, 5.74) is 1.30. The summed E-state index contributed by atoms with van der Waals surface area (Å²) >= 11 is 0. The third kappa shape index (κ3) is 5.06. The van der Waals surface area contributed by atoms with Crippen molar-refractivity contribution in [3.63, 3.8) is 0 Å². The zero-order valence-corrected chi connectivity index (χ0v) is 17.8. The van der Waals surface area contributed by atoms with Crippen LogP contribution in [0.2, 0.25) is 0 Å². The number of rotatable bonds is 6. The summed E-state index contributed by atoms with van der Waals surface area (Å²) in [5, 5.41) is 14.6. The number of piperidine rings is 1. The lowest BCUT2D eigenvalue weighted by Crippen LogP contribution is -2.40. The predicted octanol–water partition coefficient (Wildman–Crippen LogP) is 2.45. The minimum atomic E-state index is -3.59. The van der Waals surface area contributed by atoms with Crippen LogP contribution >= 0.6 is 0 Å². The van der Waals surface area contributed by atoms with E-state index < -0.39 is 21.8 Å². The molecule has 0 aliphatic carbocycles. The first-order valence-electron chi connectivity index (χ1n) is 9.99. The van der Waals surface area contributed by atoms with Gasteiger partial charge in [-0.2, -0.15) is 4.31 Å². The van der Waals surface area contributed by atoms with E-state index in [4.69, 9.17) is 0 Å². The number of tetrazole rings is 1. The lowest BCUT2D eigenvalue weighted by Gasteiger charge is -2.29. The van der Waals surface area contributed by atoms with Crippen molar-refractivity contribution in [1.82, 2.24) is 24.5 Å². The highest BCUT2D eigenvalue weighted by atomic mass is 32.2. The molecular formula is C21H21FN6O3S. The molecule has 0 unspecified atom stereocenters. The average molecular weight is 457 g/mol. The number of carbonyl (C=O) groups is 1. The Kier molecular flexibility index (Phi) is 6.37. The maximum absolute atomic E-state index is 14.2. The molecule has 9 nitrogen and oxygen atoms in total. The largest absolute Gasteiger partial charge is 0.323 e. The van der Waals surface area contributed by atoms with Crippen molar-refractivity contribution in [3.8, 4) is 5.69 Å².